The predicted molar refractivity (Wildman–Crippen MR) is 56.9 cm³/mol. The third kappa shape index (κ3) is 5.19. The first-order chi connectivity index (χ1) is 8.44. The Kier molecular flexibility index (Phi) is 5.83. The molecule has 1 atom stereocenters. The van der Waals surface area contributed by atoms with Gasteiger partial charge in [-0.15, -0.1) is 0 Å². The lowest BCUT2D eigenvalue weighted by Gasteiger charge is -2.34. The number of morpholine rings is 1. The van der Waals surface area contributed by atoms with Crippen LogP contribution in [0.25, 0.3) is 0 Å². The van der Waals surface area contributed by atoms with Crippen molar-refractivity contribution >= 4 is 5.91 Å². The highest BCUT2D eigenvalue weighted by Crippen LogP contribution is 2.14. The van der Waals surface area contributed by atoms with Gasteiger partial charge in [-0.25, -0.2) is 0 Å². The van der Waals surface area contributed by atoms with Crippen LogP contribution in [-0.2, 0) is 14.3 Å². The molecule has 0 aromatic heterocycles. The van der Waals surface area contributed by atoms with Crippen molar-refractivity contribution in [2.75, 3.05) is 39.5 Å². The van der Waals surface area contributed by atoms with Gasteiger partial charge in [-0.2, -0.15) is 13.2 Å². The Morgan fingerprint density at radius 2 is 2.22 bits per heavy atom. The minimum Gasteiger partial charge on any atom is -0.377 e. The Bertz CT molecular complexity index is 274. The fourth-order valence-electron chi connectivity index (χ4n) is 1.67. The molecule has 0 aliphatic carbocycles. The number of ether oxygens (including phenoxy) is 2. The van der Waals surface area contributed by atoms with E-state index >= 15 is 0 Å². The highest BCUT2D eigenvalue weighted by atomic mass is 19.4. The zero-order valence-corrected chi connectivity index (χ0v) is 9.91. The van der Waals surface area contributed by atoms with Gasteiger partial charge >= 0.3 is 6.18 Å². The molecule has 1 heterocycles. The molecule has 1 aliphatic rings. The molecule has 0 spiro atoms. The monoisotopic (exact) mass is 270 g/mol. The van der Waals surface area contributed by atoms with Crippen LogP contribution in [0, 0.1) is 0 Å². The van der Waals surface area contributed by atoms with Crippen molar-refractivity contribution in [1.82, 2.24) is 4.90 Å². The minimum absolute atomic E-state index is 0.0768. The number of alkyl halides is 3. The molecule has 0 aromatic rings. The Labute approximate surface area is 103 Å². The Hall–Kier alpha value is -0.860. The molecular weight excluding hydrogens is 253 g/mol. The van der Waals surface area contributed by atoms with E-state index in [1.54, 1.807) is 4.90 Å². The first kappa shape index (κ1) is 15.2. The third-order valence-corrected chi connectivity index (χ3v) is 2.55. The maximum absolute atomic E-state index is 11.8. The highest BCUT2D eigenvalue weighted by molar-refractivity contribution is 5.76. The number of amides is 1. The van der Waals surface area contributed by atoms with E-state index in [9.17, 15) is 18.0 Å². The van der Waals surface area contributed by atoms with Crippen molar-refractivity contribution in [2.24, 2.45) is 5.73 Å². The number of carbonyl (C=O) groups excluding carboxylic acids is 1. The van der Waals surface area contributed by atoms with Crippen molar-refractivity contribution in [3.8, 4) is 0 Å². The van der Waals surface area contributed by atoms with Crippen LogP contribution in [0.15, 0.2) is 0 Å². The number of hydrogen-bond acceptors (Lipinski definition) is 4. The molecule has 1 fully saturated rings. The van der Waals surface area contributed by atoms with E-state index in [0.29, 0.717) is 19.8 Å². The summed E-state index contributed by atoms with van der Waals surface area (Å²) < 4.78 is 45.0. The highest BCUT2D eigenvalue weighted by Gasteiger charge is 2.28. The fourth-order valence-corrected chi connectivity index (χ4v) is 1.67. The summed E-state index contributed by atoms with van der Waals surface area (Å²) in [7, 11) is 0. The largest absolute Gasteiger partial charge is 0.411 e. The Morgan fingerprint density at radius 3 is 2.83 bits per heavy atom. The molecule has 5 nitrogen and oxygen atoms in total. The van der Waals surface area contributed by atoms with Crippen LogP contribution >= 0.6 is 0 Å². The van der Waals surface area contributed by atoms with Crippen molar-refractivity contribution in [2.45, 2.75) is 18.6 Å². The van der Waals surface area contributed by atoms with Crippen LogP contribution in [0.3, 0.4) is 0 Å². The van der Waals surface area contributed by atoms with Gasteiger partial charge in [0, 0.05) is 13.1 Å². The van der Waals surface area contributed by atoms with E-state index < -0.39 is 12.8 Å². The first-order valence-corrected chi connectivity index (χ1v) is 5.66. The SMILES string of the molecule is NCC1COCCN1C(=O)CCOCC(F)(F)F. The number of halogens is 3. The number of rotatable bonds is 5. The maximum atomic E-state index is 11.8. The van der Waals surface area contributed by atoms with Gasteiger partial charge in [0.2, 0.25) is 5.91 Å². The minimum atomic E-state index is -4.36. The molecule has 1 saturated heterocycles. The molecule has 1 unspecified atom stereocenters. The van der Waals surface area contributed by atoms with Gasteiger partial charge in [-0.05, 0) is 0 Å². The van der Waals surface area contributed by atoms with E-state index in [1.165, 1.54) is 0 Å². The van der Waals surface area contributed by atoms with Crippen LogP contribution < -0.4 is 5.73 Å². The molecule has 0 aromatic carbocycles. The van der Waals surface area contributed by atoms with Gasteiger partial charge in [0.05, 0.1) is 32.3 Å². The quantitative estimate of drug-likeness (QED) is 0.722. The molecule has 8 heteroatoms. The van der Waals surface area contributed by atoms with Crippen molar-refractivity contribution < 1.29 is 27.4 Å². The number of nitrogens with two attached hydrogens (primary N) is 1. The molecule has 0 radical (unpaired) electrons. The van der Waals surface area contributed by atoms with Crippen molar-refractivity contribution in [1.29, 1.82) is 0 Å². The summed E-state index contributed by atoms with van der Waals surface area (Å²) in [5, 5.41) is 0. The van der Waals surface area contributed by atoms with Crippen molar-refractivity contribution in [3.05, 3.63) is 0 Å². The van der Waals surface area contributed by atoms with E-state index in [-0.39, 0.29) is 31.5 Å². The van der Waals surface area contributed by atoms with Crippen LogP contribution in [0.2, 0.25) is 0 Å². The molecule has 1 rings (SSSR count). The number of nitrogens with zero attached hydrogens (tertiary/aromatic N) is 1. The summed E-state index contributed by atoms with van der Waals surface area (Å²) in [6.07, 6.45) is -4.44. The molecule has 2 N–H and O–H groups in total. The third-order valence-electron chi connectivity index (χ3n) is 2.55. The van der Waals surface area contributed by atoms with Gasteiger partial charge in [-0.1, -0.05) is 0 Å². The summed E-state index contributed by atoms with van der Waals surface area (Å²) in [5.74, 6) is -0.254. The zero-order chi connectivity index (χ0) is 13.6. The molecule has 1 aliphatic heterocycles. The summed E-state index contributed by atoms with van der Waals surface area (Å²) in [4.78, 5) is 13.3. The molecule has 18 heavy (non-hydrogen) atoms. The van der Waals surface area contributed by atoms with E-state index in [4.69, 9.17) is 10.5 Å². The molecule has 0 bridgehead atoms. The van der Waals surface area contributed by atoms with Gasteiger partial charge in [0.15, 0.2) is 0 Å². The van der Waals surface area contributed by atoms with Gasteiger partial charge in [0.1, 0.15) is 6.61 Å². The van der Waals surface area contributed by atoms with E-state index in [0.717, 1.165) is 0 Å². The maximum Gasteiger partial charge on any atom is 0.411 e. The van der Waals surface area contributed by atoms with Gasteiger partial charge in [-0.3, -0.25) is 4.79 Å². The number of hydrogen-bond donors (Lipinski definition) is 1. The van der Waals surface area contributed by atoms with E-state index in [1.807, 2.05) is 0 Å². The summed E-state index contributed by atoms with van der Waals surface area (Å²) in [6.45, 7) is -0.0941. The molecule has 0 saturated carbocycles. The van der Waals surface area contributed by atoms with Crippen LogP contribution in [0.1, 0.15) is 6.42 Å². The lowest BCUT2D eigenvalue weighted by Crippen LogP contribution is -2.52. The lowest BCUT2D eigenvalue weighted by atomic mass is 10.2. The van der Waals surface area contributed by atoms with E-state index in [2.05, 4.69) is 4.74 Å². The Morgan fingerprint density at radius 1 is 1.50 bits per heavy atom. The second-order valence-corrected chi connectivity index (χ2v) is 3.97. The predicted octanol–water partition coefficient (Wildman–Crippen LogP) is 0.141. The summed E-state index contributed by atoms with van der Waals surface area (Å²) in [5.41, 5.74) is 5.49. The lowest BCUT2D eigenvalue weighted by molar-refractivity contribution is -0.175. The molecular formula is C10H17F3N2O3. The average molecular weight is 270 g/mol. The Balaban J connectivity index is 2.27. The second-order valence-electron chi connectivity index (χ2n) is 3.97. The molecule has 106 valence electrons. The zero-order valence-electron chi connectivity index (χ0n) is 9.91. The smallest absolute Gasteiger partial charge is 0.377 e. The van der Waals surface area contributed by atoms with Crippen LogP contribution in [0.5, 0.6) is 0 Å². The van der Waals surface area contributed by atoms with Crippen LogP contribution in [-0.4, -0.2) is 62.5 Å². The standard InChI is InChI=1S/C10H17F3N2O3/c11-10(12,13)7-18-3-1-9(16)15-2-4-17-6-8(15)5-14/h8H,1-7,14H2. The van der Waals surface area contributed by atoms with Crippen molar-refractivity contribution in [3.63, 3.8) is 0 Å². The summed E-state index contributed by atoms with van der Waals surface area (Å²) in [6, 6.07) is -0.200. The fraction of sp³-hybridized carbons (Fsp3) is 0.900. The van der Waals surface area contributed by atoms with Gasteiger partial charge < -0.3 is 20.1 Å². The first-order valence-electron chi connectivity index (χ1n) is 5.66. The molecule has 1 amide bonds. The van der Waals surface area contributed by atoms with Crippen LogP contribution in [0.4, 0.5) is 13.2 Å². The average Bonchev–Trinajstić information content (AvgIpc) is 2.33. The second kappa shape index (κ2) is 6.91. The van der Waals surface area contributed by atoms with Gasteiger partial charge in [0.25, 0.3) is 0 Å². The number of carbonyl (C=O) groups is 1. The topological polar surface area (TPSA) is 64.8 Å². The summed E-state index contributed by atoms with van der Waals surface area (Å²) >= 11 is 0. The normalized spacial score (nSPS) is 21.1.